The molecule has 1 unspecified atom stereocenters. The minimum Gasteiger partial charge on any atom is -0.493 e. The van der Waals surface area contributed by atoms with Crippen molar-refractivity contribution in [2.75, 3.05) is 13.2 Å². The first-order valence-corrected chi connectivity index (χ1v) is 11.4. The molecule has 0 amide bonds. The lowest BCUT2D eigenvalue weighted by molar-refractivity contribution is -0.384. The molecule has 0 saturated heterocycles. The van der Waals surface area contributed by atoms with E-state index in [1.807, 2.05) is 31.2 Å². The molecule has 0 saturated carbocycles. The zero-order valence-electron chi connectivity index (χ0n) is 19.9. The van der Waals surface area contributed by atoms with E-state index in [0.717, 1.165) is 12.0 Å². The van der Waals surface area contributed by atoms with Gasteiger partial charge in [-0.3, -0.25) is 10.1 Å². The molecule has 3 aromatic rings. The summed E-state index contributed by atoms with van der Waals surface area (Å²) < 4.78 is 22.3. The number of nitriles is 1. The Labute approximate surface area is 212 Å². The highest BCUT2D eigenvalue weighted by Crippen LogP contribution is 2.45. The Morgan fingerprint density at radius 2 is 1.81 bits per heavy atom. The van der Waals surface area contributed by atoms with Crippen LogP contribution in [0.4, 0.5) is 5.69 Å². The van der Waals surface area contributed by atoms with Crippen LogP contribution >= 0.6 is 0 Å². The fourth-order valence-electron chi connectivity index (χ4n) is 3.85. The molecule has 1 heterocycles. The van der Waals surface area contributed by atoms with Crippen molar-refractivity contribution in [2.45, 2.75) is 19.3 Å². The molecule has 10 heteroatoms. The van der Waals surface area contributed by atoms with Crippen molar-refractivity contribution in [2.24, 2.45) is 5.73 Å². The molecule has 37 heavy (non-hydrogen) atoms. The van der Waals surface area contributed by atoms with Gasteiger partial charge in [0.05, 0.1) is 17.4 Å². The van der Waals surface area contributed by atoms with Gasteiger partial charge in [0.2, 0.25) is 5.88 Å². The van der Waals surface area contributed by atoms with Crippen LogP contribution in [0.1, 0.15) is 30.4 Å². The van der Waals surface area contributed by atoms with E-state index in [1.54, 1.807) is 12.1 Å². The third-order valence-corrected chi connectivity index (χ3v) is 5.52. The van der Waals surface area contributed by atoms with Gasteiger partial charge in [0.15, 0.2) is 6.61 Å². The molecule has 0 bridgehead atoms. The van der Waals surface area contributed by atoms with Crippen LogP contribution in [0.25, 0.3) is 0 Å². The minimum absolute atomic E-state index is 0.0460. The zero-order chi connectivity index (χ0) is 26.4. The predicted octanol–water partition coefficient (Wildman–Crippen LogP) is 4.59. The molecule has 1 aliphatic heterocycles. The van der Waals surface area contributed by atoms with Crippen molar-refractivity contribution in [1.29, 1.82) is 5.26 Å². The number of nitrogens with two attached hydrogens (primary N) is 1. The van der Waals surface area contributed by atoms with E-state index in [1.165, 1.54) is 30.3 Å². The largest absolute Gasteiger partial charge is 0.493 e. The lowest BCUT2D eigenvalue weighted by Crippen LogP contribution is -2.22. The maximum atomic E-state index is 12.3. The molecule has 3 aromatic carbocycles. The van der Waals surface area contributed by atoms with Gasteiger partial charge in [-0.1, -0.05) is 31.2 Å². The number of para-hydroxylation sites is 1. The monoisotopic (exact) mass is 501 g/mol. The molecule has 0 aliphatic carbocycles. The fraction of sp³-hybridized carbons (Fsp3) is 0.185. The van der Waals surface area contributed by atoms with Crippen LogP contribution in [0, 0.1) is 21.4 Å². The second-order valence-electron chi connectivity index (χ2n) is 8.02. The third-order valence-electron chi connectivity index (χ3n) is 5.52. The number of ether oxygens (including phenoxy) is 4. The van der Waals surface area contributed by atoms with Gasteiger partial charge in [-0.25, -0.2) is 4.79 Å². The molecule has 10 nitrogen and oxygen atoms in total. The third kappa shape index (κ3) is 5.62. The molecule has 0 radical (unpaired) electrons. The number of nitrogens with zero attached hydrogens (tertiary/aromatic N) is 2. The summed E-state index contributed by atoms with van der Waals surface area (Å²) in [5.74, 6) is 0.191. The molecule has 0 aromatic heterocycles. The number of rotatable bonds is 9. The summed E-state index contributed by atoms with van der Waals surface area (Å²) in [6, 6.07) is 19.7. The van der Waals surface area contributed by atoms with Crippen LogP contribution in [-0.2, 0) is 4.79 Å². The topological polar surface area (TPSA) is 147 Å². The Hall–Kier alpha value is -5.04. The predicted molar refractivity (Wildman–Crippen MR) is 132 cm³/mol. The fourth-order valence-corrected chi connectivity index (χ4v) is 3.85. The van der Waals surface area contributed by atoms with E-state index < -0.39 is 23.4 Å². The Kier molecular flexibility index (Phi) is 7.54. The number of hydrogen-bond donors (Lipinski definition) is 1. The minimum atomic E-state index is -0.690. The van der Waals surface area contributed by atoms with Crippen molar-refractivity contribution < 1.29 is 28.7 Å². The Morgan fingerprint density at radius 1 is 1.08 bits per heavy atom. The quantitative estimate of drug-likeness (QED) is 0.192. The van der Waals surface area contributed by atoms with Crippen molar-refractivity contribution in [3.8, 4) is 29.1 Å². The molecular formula is C27H23N3O7. The highest BCUT2D eigenvalue weighted by molar-refractivity contribution is 5.74. The lowest BCUT2D eigenvalue weighted by atomic mass is 9.83. The first-order valence-electron chi connectivity index (χ1n) is 11.4. The standard InChI is InChI=1S/C27H23N3O7/c1-2-13-34-23-6-4-3-5-20(23)26-21-12-11-19(14-24(21)37-27(29)22(26)15-28)36-25(31)16-35-18-9-7-17(8-10-18)30(32)33/h3-12,14,26H,2,13,16,29H2,1H3. The average molecular weight is 501 g/mol. The number of fused-ring (bicyclic) bond motifs is 1. The van der Waals surface area contributed by atoms with Crippen LogP contribution in [0.5, 0.6) is 23.0 Å². The summed E-state index contributed by atoms with van der Waals surface area (Å²) in [5.41, 5.74) is 7.69. The number of benzene rings is 3. The van der Waals surface area contributed by atoms with Crippen LogP contribution < -0.4 is 24.7 Å². The second-order valence-corrected chi connectivity index (χ2v) is 8.02. The van der Waals surface area contributed by atoms with E-state index in [9.17, 15) is 20.2 Å². The lowest BCUT2D eigenvalue weighted by Gasteiger charge is -2.28. The van der Waals surface area contributed by atoms with Crippen molar-refractivity contribution in [1.82, 2.24) is 0 Å². The second kappa shape index (κ2) is 11.1. The molecule has 1 aliphatic rings. The van der Waals surface area contributed by atoms with Gasteiger partial charge in [0.1, 0.15) is 34.6 Å². The van der Waals surface area contributed by atoms with Gasteiger partial charge in [-0.05, 0) is 30.7 Å². The molecule has 0 fully saturated rings. The molecule has 1 atom stereocenters. The highest BCUT2D eigenvalue weighted by Gasteiger charge is 2.33. The number of hydrogen-bond acceptors (Lipinski definition) is 9. The van der Waals surface area contributed by atoms with E-state index in [-0.39, 0.29) is 28.6 Å². The molecule has 4 rings (SSSR count). The Bertz CT molecular complexity index is 1390. The molecule has 2 N–H and O–H groups in total. The maximum Gasteiger partial charge on any atom is 0.349 e. The van der Waals surface area contributed by atoms with E-state index in [2.05, 4.69) is 6.07 Å². The van der Waals surface area contributed by atoms with Crippen molar-refractivity contribution >= 4 is 11.7 Å². The number of allylic oxidation sites excluding steroid dienone is 1. The van der Waals surface area contributed by atoms with Crippen molar-refractivity contribution in [3.63, 3.8) is 0 Å². The maximum absolute atomic E-state index is 12.3. The number of nitro benzene ring substituents is 1. The molecule has 0 spiro atoms. The van der Waals surface area contributed by atoms with Gasteiger partial charge in [0, 0.05) is 29.3 Å². The number of nitro groups is 1. The first kappa shape index (κ1) is 25.1. The van der Waals surface area contributed by atoms with E-state index >= 15 is 0 Å². The average Bonchev–Trinajstić information content (AvgIpc) is 2.90. The van der Waals surface area contributed by atoms with Gasteiger partial charge in [0.25, 0.3) is 5.69 Å². The van der Waals surface area contributed by atoms with E-state index in [4.69, 9.17) is 24.7 Å². The number of non-ortho nitro benzene ring substituents is 1. The van der Waals surface area contributed by atoms with Gasteiger partial charge >= 0.3 is 5.97 Å². The Balaban J connectivity index is 1.53. The van der Waals surface area contributed by atoms with Crippen LogP contribution in [0.3, 0.4) is 0 Å². The summed E-state index contributed by atoms with van der Waals surface area (Å²) in [5, 5.41) is 20.6. The highest BCUT2D eigenvalue weighted by atomic mass is 16.6. The molecular weight excluding hydrogens is 478 g/mol. The van der Waals surface area contributed by atoms with Gasteiger partial charge in [-0.2, -0.15) is 5.26 Å². The summed E-state index contributed by atoms with van der Waals surface area (Å²) in [6.45, 7) is 2.11. The first-order chi connectivity index (χ1) is 17.9. The zero-order valence-corrected chi connectivity index (χ0v) is 19.9. The SMILES string of the molecule is CCCOc1ccccc1C1C(C#N)=C(N)Oc2cc(OC(=O)COc3ccc([N+](=O)[O-])cc3)ccc21. The Morgan fingerprint density at radius 3 is 2.51 bits per heavy atom. The van der Waals surface area contributed by atoms with Crippen LogP contribution in [0.15, 0.2) is 78.2 Å². The van der Waals surface area contributed by atoms with Crippen LogP contribution in [-0.4, -0.2) is 24.1 Å². The van der Waals surface area contributed by atoms with Gasteiger partial charge in [-0.15, -0.1) is 0 Å². The summed E-state index contributed by atoms with van der Waals surface area (Å²) in [6.07, 6.45) is 0.824. The normalized spacial score (nSPS) is 14.1. The van der Waals surface area contributed by atoms with E-state index in [0.29, 0.717) is 23.7 Å². The summed E-state index contributed by atoms with van der Waals surface area (Å²) in [4.78, 5) is 22.6. The number of carbonyl (C=O) groups excluding carboxylic acids is 1. The summed E-state index contributed by atoms with van der Waals surface area (Å²) in [7, 11) is 0. The molecule has 188 valence electrons. The van der Waals surface area contributed by atoms with Crippen LogP contribution in [0.2, 0.25) is 0 Å². The summed E-state index contributed by atoms with van der Waals surface area (Å²) >= 11 is 0. The van der Waals surface area contributed by atoms with Crippen molar-refractivity contribution in [3.05, 3.63) is 99.4 Å². The number of esters is 1. The number of carbonyl (C=O) groups is 1. The smallest absolute Gasteiger partial charge is 0.349 e. The van der Waals surface area contributed by atoms with Gasteiger partial charge < -0.3 is 24.7 Å².